The molecule has 0 aliphatic carbocycles. The van der Waals surface area contributed by atoms with Gasteiger partial charge in [-0.2, -0.15) is 0 Å². The quantitative estimate of drug-likeness (QED) is 0.146. The Morgan fingerprint density at radius 1 is 0.500 bits per heavy atom. The molecule has 0 fully saturated rings. The van der Waals surface area contributed by atoms with Gasteiger partial charge in [0.2, 0.25) is 0 Å². The van der Waals surface area contributed by atoms with E-state index in [4.69, 9.17) is 18.9 Å². The molecule has 5 atom stereocenters. The minimum Gasteiger partial charge on any atom is -0.388 e. The van der Waals surface area contributed by atoms with Crippen LogP contribution in [0.2, 0.25) is 0 Å². The molecule has 0 aliphatic rings. The lowest BCUT2D eigenvalue weighted by Gasteiger charge is -2.37. The predicted molar refractivity (Wildman–Crippen MR) is 163 cm³/mol. The molecule has 6 nitrogen and oxygen atoms in total. The standard InChI is InChI=1S/C36H40O6/c1-2-32(37)34(40-24-29-17-9-4-10-18-29)36(42-26-31-21-13-6-14-22-31)35(41-25-30-19-11-5-12-20-30)33(38)27-39-23-28-15-7-3-8-16-28/h2-22,32-38H,1,23-27H2/t32-,33+,34-,35+,36+/m0/s1. The van der Waals surface area contributed by atoms with Crippen molar-refractivity contribution in [3.63, 3.8) is 0 Å². The van der Waals surface area contributed by atoms with Crippen molar-refractivity contribution < 1.29 is 29.2 Å². The molecule has 4 rings (SSSR count). The molecule has 0 bridgehead atoms. The first kappa shape index (κ1) is 31.3. The highest BCUT2D eigenvalue weighted by atomic mass is 16.6. The van der Waals surface area contributed by atoms with Crippen LogP contribution in [0.5, 0.6) is 0 Å². The maximum Gasteiger partial charge on any atom is 0.116 e. The largest absolute Gasteiger partial charge is 0.388 e. The van der Waals surface area contributed by atoms with E-state index in [1.54, 1.807) is 0 Å². The lowest BCUT2D eigenvalue weighted by molar-refractivity contribution is -0.201. The molecule has 2 N–H and O–H groups in total. The van der Waals surface area contributed by atoms with Crippen LogP contribution < -0.4 is 0 Å². The fourth-order valence-corrected chi connectivity index (χ4v) is 4.59. The third-order valence-electron chi connectivity index (χ3n) is 6.86. The molecule has 0 aliphatic heterocycles. The maximum atomic E-state index is 11.5. The average molecular weight is 569 g/mol. The molecule has 6 heteroatoms. The molecule has 4 aromatic carbocycles. The number of rotatable bonds is 18. The molecular formula is C36H40O6. The monoisotopic (exact) mass is 568 g/mol. The molecular weight excluding hydrogens is 528 g/mol. The fourth-order valence-electron chi connectivity index (χ4n) is 4.59. The number of aliphatic hydroxyl groups is 2. The van der Waals surface area contributed by atoms with Crippen LogP contribution in [0, 0.1) is 0 Å². The summed E-state index contributed by atoms with van der Waals surface area (Å²) in [5.41, 5.74) is 3.81. The zero-order valence-corrected chi connectivity index (χ0v) is 23.8. The highest BCUT2D eigenvalue weighted by Crippen LogP contribution is 2.24. The van der Waals surface area contributed by atoms with E-state index in [9.17, 15) is 10.2 Å². The van der Waals surface area contributed by atoms with Gasteiger partial charge in [-0.15, -0.1) is 6.58 Å². The van der Waals surface area contributed by atoms with Crippen molar-refractivity contribution in [1.82, 2.24) is 0 Å². The van der Waals surface area contributed by atoms with E-state index in [1.165, 1.54) is 6.08 Å². The summed E-state index contributed by atoms with van der Waals surface area (Å²) in [6.45, 7) is 4.81. The molecule has 0 amide bonds. The van der Waals surface area contributed by atoms with Crippen molar-refractivity contribution in [2.24, 2.45) is 0 Å². The first-order chi connectivity index (χ1) is 20.6. The van der Waals surface area contributed by atoms with Crippen LogP contribution in [0.15, 0.2) is 134 Å². The van der Waals surface area contributed by atoms with Crippen molar-refractivity contribution >= 4 is 0 Å². The Hall–Kier alpha value is -3.62. The van der Waals surface area contributed by atoms with E-state index >= 15 is 0 Å². The summed E-state index contributed by atoms with van der Waals surface area (Å²) in [7, 11) is 0. The zero-order valence-electron chi connectivity index (χ0n) is 23.8. The van der Waals surface area contributed by atoms with Gasteiger partial charge in [0.15, 0.2) is 0 Å². The zero-order chi connectivity index (χ0) is 29.4. The lowest BCUT2D eigenvalue weighted by Crippen LogP contribution is -2.53. The van der Waals surface area contributed by atoms with E-state index in [0.29, 0.717) is 6.61 Å². The third-order valence-corrected chi connectivity index (χ3v) is 6.86. The van der Waals surface area contributed by atoms with Gasteiger partial charge in [-0.05, 0) is 22.3 Å². The van der Waals surface area contributed by atoms with E-state index in [1.807, 2.05) is 121 Å². The number of ether oxygens (including phenoxy) is 4. The Morgan fingerprint density at radius 3 is 1.26 bits per heavy atom. The first-order valence-corrected chi connectivity index (χ1v) is 14.2. The molecule has 0 radical (unpaired) electrons. The summed E-state index contributed by atoms with van der Waals surface area (Å²) in [5, 5.41) is 22.6. The van der Waals surface area contributed by atoms with E-state index in [0.717, 1.165) is 22.3 Å². The Kier molecular flexibility index (Phi) is 12.9. The minimum absolute atomic E-state index is 0.00482. The van der Waals surface area contributed by atoms with E-state index in [-0.39, 0.29) is 26.4 Å². The summed E-state index contributed by atoms with van der Waals surface area (Å²) >= 11 is 0. The molecule has 220 valence electrons. The topological polar surface area (TPSA) is 77.4 Å². The van der Waals surface area contributed by atoms with Crippen molar-refractivity contribution in [1.29, 1.82) is 0 Å². The number of aliphatic hydroxyl groups excluding tert-OH is 2. The van der Waals surface area contributed by atoms with Crippen LogP contribution in [0.25, 0.3) is 0 Å². The Labute approximate surface area is 248 Å². The van der Waals surface area contributed by atoms with E-state index < -0.39 is 30.5 Å². The normalized spacial score (nSPS) is 14.9. The van der Waals surface area contributed by atoms with Crippen molar-refractivity contribution in [2.75, 3.05) is 6.61 Å². The van der Waals surface area contributed by atoms with Crippen LogP contribution in [0.1, 0.15) is 22.3 Å². The highest BCUT2D eigenvalue weighted by Gasteiger charge is 2.40. The number of benzene rings is 4. The van der Waals surface area contributed by atoms with Gasteiger partial charge in [0.25, 0.3) is 0 Å². The summed E-state index contributed by atoms with van der Waals surface area (Å²) < 4.78 is 25.1. The summed E-state index contributed by atoms with van der Waals surface area (Å²) in [6.07, 6.45) is -3.43. The summed E-state index contributed by atoms with van der Waals surface area (Å²) in [5.74, 6) is 0. The van der Waals surface area contributed by atoms with Crippen molar-refractivity contribution in [2.45, 2.75) is 56.9 Å². The molecule has 0 aromatic heterocycles. The van der Waals surface area contributed by atoms with Gasteiger partial charge in [0.05, 0.1) is 33.0 Å². The SMILES string of the molecule is C=C[C@H](O)[C@H](OCc1ccccc1)[C@@H](OCc1ccccc1)[C@H](OCc1ccccc1)[C@H](O)COCc1ccccc1. The highest BCUT2D eigenvalue weighted by molar-refractivity contribution is 5.16. The number of hydrogen-bond donors (Lipinski definition) is 2. The Balaban J connectivity index is 1.59. The van der Waals surface area contributed by atoms with E-state index in [2.05, 4.69) is 6.58 Å². The van der Waals surface area contributed by atoms with Gasteiger partial charge in [-0.3, -0.25) is 0 Å². The van der Waals surface area contributed by atoms with Crippen LogP contribution >= 0.6 is 0 Å². The van der Waals surface area contributed by atoms with Gasteiger partial charge in [0, 0.05) is 0 Å². The lowest BCUT2D eigenvalue weighted by atomic mass is 9.98. The van der Waals surface area contributed by atoms with Gasteiger partial charge >= 0.3 is 0 Å². The Bertz CT molecular complexity index is 1270. The smallest absolute Gasteiger partial charge is 0.116 e. The molecule has 4 aromatic rings. The van der Waals surface area contributed by atoms with Gasteiger partial charge < -0.3 is 29.2 Å². The summed E-state index contributed by atoms with van der Waals surface area (Å²) in [6, 6.07) is 38.9. The van der Waals surface area contributed by atoms with Crippen molar-refractivity contribution in [3.8, 4) is 0 Å². The Morgan fingerprint density at radius 2 is 0.857 bits per heavy atom. The summed E-state index contributed by atoms with van der Waals surface area (Å²) in [4.78, 5) is 0. The fraction of sp³-hybridized carbons (Fsp3) is 0.278. The van der Waals surface area contributed by atoms with Gasteiger partial charge in [0.1, 0.15) is 30.5 Å². The molecule has 0 unspecified atom stereocenters. The molecule has 0 heterocycles. The van der Waals surface area contributed by atoms with Crippen LogP contribution in [0.4, 0.5) is 0 Å². The molecule has 0 spiro atoms. The predicted octanol–water partition coefficient (Wildman–Crippen LogP) is 5.87. The molecule has 42 heavy (non-hydrogen) atoms. The van der Waals surface area contributed by atoms with Gasteiger partial charge in [-0.25, -0.2) is 0 Å². The second kappa shape index (κ2) is 17.4. The second-order valence-electron chi connectivity index (χ2n) is 10.1. The van der Waals surface area contributed by atoms with Crippen LogP contribution in [0.3, 0.4) is 0 Å². The minimum atomic E-state index is -1.09. The average Bonchev–Trinajstić information content (AvgIpc) is 3.05. The molecule has 0 saturated heterocycles. The number of hydrogen-bond acceptors (Lipinski definition) is 6. The first-order valence-electron chi connectivity index (χ1n) is 14.2. The second-order valence-corrected chi connectivity index (χ2v) is 10.1. The van der Waals surface area contributed by atoms with Crippen LogP contribution in [-0.4, -0.2) is 47.3 Å². The maximum absolute atomic E-state index is 11.5. The molecule has 0 saturated carbocycles. The van der Waals surface area contributed by atoms with Crippen molar-refractivity contribution in [3.05, 3.63) is 156 Å². The van der Waals surface area contributed by atoms with Crippen LogP contribution in [-0.2, 0) is 45.4 Å². The van der Waals surface area contributed by atoms with Gasteiger partial charge in [-0.1, -0.05) is 127 Å². The third kappa shape index (κ3) is 10.0.